The lowest BCUT2D eigenvalue weighted by Gasteiger charge is -2.21. The van der Waals surface area contributed by atoms with Crippen molar-refractivity contribution in [3.05, 3.63) is 199 Å². The molecule has 0 bridgehead atoms. The zero-order valence-electron chi connectivity index (χ0n) is 34.6. The van der Waals surface area contributed by atoms with Gasteiger partial charge in [0.15, 0.2) is 5.82 Å². The maximum absolute atomic E-state index is 5.57. The molecule has 1 aliphatic carbocycles. The molecule has 0 aliphatic heterocycles. The van der Waals surface area contributed by atoms with E-state index in [1.165, 1.54) is 91.8 Å². The molecule has 14 rings (SSSR count). The van der Waals surface area contributed by atoms with E-state index in [9.17, 15) is 0 Å². The summed E-state index contributed by atoms with van der Waals surface area (Å²) in [4.78, 5) is 11.0. The van der Waals surface area contributed by atoms with Gasteiger partial charge in [-0.05, 0) is 78.8 Å². The highest BCUT2D eigenvalue weighted by Crippen LogP contribution is 2.51. The van der Waals surface area contributed by atoms with E-state index in [4.69, 9.17) is 9.97 Å². The monoisotopic (exact) mass is 819 g/mol. The first-order chi connectivity index (χ1) is 31.0. The van der Waals surface area contributed by atoms with Crippen molar-refractivity contribution in [3.8, 4) is 39.5 Å². The Morgan fingerprint density at radius 2 is 0.968 bits per heavy atom. The van der Waals surface area contributed by atoms with Crippen LogP contribution in [0.15, 0.2) is 188 Å². The molecule has 0 radical (unpaired) electrons. The van der Waals surface area contributed by atoms with Crippen LogP contribution in [0.5, 0.6) is 0 Å². The van der Waals surface area contributed by atoms with E-state index in [0.717, 1.165) is 43.9 Å². The van der Waals surface area contributed by atoms with Crippen LogP contribution >= 0.6 is 11.3 Å². The Morgan fingerprint density at radius 3 is 1.63 bits per heavy atom. The molecule has 0 saturated carbocycles. The normalized spacial score (nSPS) is 13.4. The second-order valence-corrected chi connectivity index (χ2v) is 18.7. The van der Waals surface area contributed by atoms with E-state index in [1.54, 1.807) is 11.3 Å². The molecular formula is C59H37N3S. The summed E-state index contributed by atoms with van der Waals surface area (Å²) in [5.41, 5.74) is 12.8. The number of benzene rings is 10. The number of fused-ring (bicyclic) bond motifs is 19. The average Bonchev–Trinajstić information content (AvgIpc) is 3.98. The lowest BCUT2D eigenvalue weighted by atomic mass is 9.82. The number of aromatic nitrogens is 3. The molecule has 13 aromatic rings. The fraction of sp³-hybridized carbons (Fsp3) is 0.0508. The second-order valence-electron chi connectivity index (χ2n) is 17.6. The zero-order chi connectivity index (χ0) is 41.6. The number of nitrogens with zero attached hydrogens (tertiary/aromatic N) is 3. The predicted octanol–water partition coefficient (Wildman–Crippen LogP) is 16.2. The van der Waals surface area contributed by atoms with Crippen molar-refractivity contribution >= 4 is 96.5 Å². The highest BCUT2D eigenvalue weighted by molar-refractivity contribution is 7.26. The van der Waals surface area contributed by atoms with Crippen molar-refractivity contribution in [1.82, 2.24) is 14.5 Å². The molecule has 0 fully saturated rings. The summed E-state index contributed by atoms with van der Waals surface area (Å²) in [7, 11) is 0. The number of hydrogen-bond acceptors (Lipinski definition) is 3. The van der Waals surface area contributed by atoms with Crippen LogP contribution in [-0.4, -0.2) is 14.5 Å². The molecule has 3 nitrogen and oxygen atoms in total. The highest BCUT2D eigenvalue weighted by atomic mass is 32.1. The minimum atomic E-state index is -0.0727. The molecule has 0 spiro atoms. The van der Waals surface area contributed by atoms with E-state index in [-0.39, 0.29) is 5.41 Å². The van der Waals surface area contributed by atoms with Gasteiger partial charge in [-0.15, -0.1) is 11.3 Å². The maximum Gasteiger partial charge on any atom is 0.160 e. The Morgan fingerprint density at radius 1 is 0.429 bits per heavy atom. The Hall–Kier alpha value is -7.66. The average molecular weight is 820 g/mol. The van der Waals surface area contributed by atoms with Crippen LogP contribution in [0.1, 0.15) is 25.0 Å². The third-order valence-electron chi connectivity index (χ3n) is 13.9. The first kappa shape index (κ1) is 35.0. The van der Waals surface area contributed by atoms with Gasteiger partial charge in [0.1, 0.15) is 0 Å². The minimum Gasteiger partial charge on any atom is -0.308 e. The standard InChI is InChI=1S/C59H37N3S/c1-59(2)48-28-13-11-22-41(48)47-33-34(30-31-49(47)59)53-57-54(46-27-12-14-29-50(46)63-57)61-58(60-53)35-16-15-17-36(32-35)62-55-44-25-9-5-20-39(44)37-18-3-7-23-42(37)51(55)52-43-24-8-4-19-38(43)40-21-6-10-26-45(40)56(52)62/h3-33H,1-2H3. The Balaban J connectivity index is 1.08. The number of hydrogen-bond donors (Lipinski definition) is 0. The van der Waals surface area contributed by atoms with Crippen molar-refractivity contribution in [2.45, 2.75) is 19.3 Å². The van der Waals surface area contributed by atoms with Gasteiger partial charge in [-0.3, -0.25) is 0 Å². The smallest absolute Gasteiger partial charge is 0.160 e. The summed E-state index contributed by atoms with van der Waals surface area (Å²) in [5, 5.41) is 13.7. The molecule has 3 heterocycles. The van der Waals surface area contributed by atoms with E-state index >= 15 is 0 Å². The van der Waals surface area contributed by atoms with Crippen LogP contribution in [0.4, 0.5) is 0 Å². The summed E-state index contributed by atoms with van der Waals surface area (Å²) in [6.45, 7) is 4.68. The summed E-state index contributed by atoms with van der Waals surface area (Å²) in [5.74, 6) is 0.718. The second kappa shape index (κ2) is 12.7. The maximum atomic E-state index is 5.57. The van der Waals surface area contributed by atoms with Crippen molar-refractivity contribution in [2.75, 3.05) is 0 Å². The fourth-order valence-corrected chi connectivity index (χ4v) is 12.3. The van der Waals surface area contributed by atoms with Crippen LogP contribution < -0.4 is 0 Å². The molecule has 10 aromatic carbocycles. The van der Waals surface area contributed by atoms with Crippen molar-refractivity contribution < 1.29 is 0 Å². The van der Waals surface area contributed by atoms with Crippen molar-refractivity contribution in [3.63, 3.8) is 0 Å². The van der Waals surface area contributed by atoms with Gasteiger partial charge in [0.2, 0.25) is 0 Å². The topological polar surface area (TPSA) is 30.7 Å². The molecule has 4 heteroatoms. The van der Waals surface area contributed by atoms with Crippen LogP contribution in [0.25, 0.3) is 125 Å². The molecule has 3 aromatic heterocycles. The number of rotatable bonds is 3. The van der Waals surface area contributed by atoms with Crippen LogP contribution in [0.2, 0.25) is 0 Å². The van der Waals surface area contributed by atoms with Gasteiger partial charge in [0, 0.05) is 53.9 Å². The SMILES string of the molecule is CC1(C)c2ccccc2-c2cc(-c3nc(-c4cccc(-n5c6c7ccccc7c7ccccc7c6c6c7ccccc7c7ccccc7c65)c4)nc4c3sc3ccccc34)ccc21. The lowest BCUT2D eigenvalue weighted by Crippen LogP contribution is -2.14. The van der Waals surface area contributed by atoms with Gasteiger partial charge in [-0.25, -0.2) is 9.97 Å². The van der Waals surface area contributed by atoms with Gasteiger partial charge in [0.05, 0.1) is 26.9 Å². The van der Waals surface area contributed by atoms with E-state index < -0.39 is 0 Å². The molecule has 63 heavy (non-hydrogen) atoms. The largest absolute Gasteiger partial charge is 0.308 e. The Bertz CT molecular complexity index is 4000. The molecule has 0 amide bonds. The zero-order valence-corrected chi connectivity index (χ0v) is 35.5. The molecule has 0 unspecified atom stereocenters. The third kappa shape index (κ3) is 4.73. The summed E-state index contributed by atoms with van der Waals surface area (Å²) < 4.78 is 4.86. The minimum absolute atomic E-state index is 0.0727. The molecule has 0 N–H and O–H groups in total. The molecule has 0 atom stereocenters. The van der Waals surface area contributed by atoms with E-state index in [0.29, 0.717) is 0 Å². The van der Waals surface area contributed by atoms with Gasteiger partial charge in [0.25, 0.3) is 0 Å². The van der Waals surface area contributed by atoms with Gasteiger partial charge in [-0.2, -0.15) is 0 Å². The molecule has 1 aliphatic rings. The third-order valence-corrected chi connectivity index (χ3v) is 15.1. The summed E-state index contributed by atoms with van der Waals surface area (Å²) >= 11 is 1.78. The molecule has 294 valence electrons. The Labute approximate surface area is 367 Å². The fourth-order valence-electron chi connectivity index (χ4n) is 11.2. The van der Waals surface area contributed by atoms with Crippen molar-refractivity contribution in [1.29, 1.82) is 0 Å². The molecule has 0 saturated heterocycles. The summed E-state index contributed by atoms with van der Waals surface area (Å²) in [6.07, 6.45) is 0. The predicted molar refractivity (Wildman–Crippen MR) is 268 cm³/mol. The summed E-state index contributed by atoms with van der Waals surface area (Å²) in [6, 6.07) is 69.2. The lowest BCUT2D eigenvalue weighted by molar-refractivity contribution is 0.660. The highest BCUT2D eigenvalue weighted by Gasteiger charge is 2.35. The quantitative estimate of drug-likeness (QED) is 0.166. The number of thiophene rings is 1. The molecular weight excluding hydrogens is 783 g/mol. The van der Waals surface area contributed by atoms with Crippen LogP contribution in [-0.2, 0) is 5.41 Å². The van der Waals surface area contributed by atoms with E-state index in [1.807, 2.05) is 0 Å². The van der Waals surface area contributed by atoms with Gasteiger partial charge in [-0.1, -0.05) is 178 Å². The van der Waals surface area contributed by atoms with Crippen LogP contribution in [0.3, 0.4) is 0 Å². The van der Waals surface area contributed by atoms with Crippen LogP contribution in [0, 0.1) is 0 Å². The van der Waals surface area contributed by atoms with Gasteiger partial charge >= 0.3 is 0 Å². The van der Waals surface area contributed by atoms with Gasteiger partial charge < -0.3 is 4.57 Å². The van der Waals surface area contributed by atoms with E-state index in [2.05, 4.69) is 206 Å². The first-order valence-electron chi connectivity index (χ1n) is 21.7. The first-order valence-corrected chi connectivity index (χ1v) is 22.6. The Kier molecular flexibility index (Phi) is 7.05. The van der Waals surface area contributed by atoms with Crippen molar-refractivity contribution in [2.24, 2.45) is 0 Å².